The molecule has 0 unspecified atom stereocenters. The quantitative estimate of drug-likeness (QED) is 0.733. The van der Waals surface area contributed by atoms with Crippen LogP contribution in [0.15, 0.2) is 0 Å². The normalized spacial score (nSPS) is 19.4. The van der Waals surface area contributed by atoms with Crippen LogP contribution in [0.5, 0.6) is 0 Å². The zero-order valence-electron chi connectivity index (χ0n) is 9.78. The number of methoxy groups -OCH3 is 1. The Morgan fingerprint density at radius 1 is 1.31 bits per heavy atom. The molecule has 1 saturated heterocycles. The highest BCUT2D eigenvalue weighted by Crippen LogP contribution is 2.46. The van der Waals surface area contributed by atoms with E-state index in [4.69, 9.17) is 4.74 Å². The van der Waals surface area contributed by atoms with Crippen LogP contribution < -0.4 is 0 Å². The van der Waals surface area contributed by atoms with Crippen LogP contribution in [0.4, 0.5) is 0 Å². The summed E-state index contributed by atoms with van der Waals surface area (Å²) in [5.41, 5.74) is 0. The topological polar surface area (TPSA) is 43.4 Å². The lowest BCUT2D eigenvalue weighted by Crippen LogP contribution is -2.37. The lowest BCUT2D eigenvalue weighted by molar-refractivity contribution is -0.123. The Hall–Kier alpha value is 0. The SMILES string of the molecule is COCC(=O)C1(CCC(C)=O)SCCCS1. The first-order chi connectivity index (χ1) is 7.60. The summed E-state index contributed by atoms with van der Waals surface area (Å²) in [7, 11) is 1.54. The minimum atomic E-state index is -0.431. The Labute approximate surface area is 105 Å². The van der Waals surface area contributed by atoms with Gasteiger partial charge in [0.2, 0.25) is 0 Å². The molecule has 0 spiro atoms. The highest BCUT2D eigenvalue weighted by atomic mass is 32.2. The summed E-state index contributed by atoms with van der Waals surface area (Å²) in [5, 5.41) is 0. The largest absolute Gasteiger partial charge is 0.377 e. The average Bonchev–Trinajstić information content (AvgIpc) is 2.28. The number of carbonyl (C=O) groups is 2. The smallest absolute Gasteiger partial charge is 0.184 e. The van der Waals surface area contributed by atoms with Gasteiger partial charge >= 0.3 is 0 Å². The summed E-state index contributed by atoms with van der Waals surface area (Å²) in [6.45, 7) is 1.73. The minimum Gasteiger partial charge on any atom is -0.377 e. The molecular weight excluding hydrogens is 244 g/mol. The van der Waals surface area contributed by atoms with E-state index in [0.29, 0.717) is 12.8 Å². The van der Waals surface area contributed by atoms with Gasteiger partial charge in [0.25, 0.3) is 0 Å². The van der Waals surface area contributed by atoms with Crippen LogP contribution in [0.25, 0.3) is 0 Å². The molecule has 0 saturated carbocycles. The fraction of sp³-hybridized carbons (Fsp3) is 0.818. The Kier molecular flexibility index (Phi) is 5.86. The van der Waals surface area contributed by atoms with Gasteiger partial charge in [-0.15, -0.1) is 23.5 Å². The van der Waals surface area contributed by atoms with Gasteiger partial charge in [0.1, 0.15) is 16.5 Å². The Morgan fingerprint density at radius 3 is 2.44 bits per heavy atom. The highest BCUT2D eigenvalue weighted by Gasteiger charge is 2.40. The molecule has 0 N–H and O–H groups in total. The molecule has 3 nitrogen and oxygen atoms in total. The van der Waals surface area contributed by atoms with E-state index in [9.17, 15) is 9.59 Å². The number of hydrogen-bond acceptors (Lipinski definition) is 5. The third-order valence-corrected chi connectivity index (χ3v) is 5.95. The summed E-state index contributed by atoms with van der Waals surface area (Å²) < 4.78 is 4.50. The molecule has 0 aromatic rings. The third kappa shape index (κ3) is 3.79. The second-order valence-electron chi connectivity index (χ2n) is 3.86. The van der Waals surface area contributed by atoms with Crippen molar-refractivity contribution in [2.24, 2.45) is 0 Å². The van der Waals surface area contributed by atoms with Crippen molar-refractivity contribution in [1.82, 2.24) is 0 Å². The molecule has 1 aliphatic rings. The lowest BCUT2D eigenvalue weighted by atomic mass is 10.1. The maximum absolute atomic E-state index is 12.1. The number of ether oxygens (including phenoxy) is 1. The molecule has 16 heavy (non-hydrogen) atoms. The molecule has 0 aliphatic carbocycles. The summed E-state index contributed by atoms with van der Waals surface area (Å²) in [4.78, 5) is 23.1. The van der Waals surface area contributed by atoms with Crippen LogP contribution in [0.1, 0.15) is 26.2 Å². The van der Waals surface area contributed by atoms with Crippen LogP contribution >= 0.6 is 23.5 Å². The van der Waals surface area contributed by atoms with Crippen LogP contribution in [-0.4, -0.2) is 40.9 Å². The molecule has 0 aromatic carbocycles. The van der Waals surface area contributed by atoms with Gasteiger partial charge in [-0.05, 0) is 31.3 Å². The molecule has 5 heteroatoms. The van der Waals surface area contributed by atoms with Crippen molar-refractivity contribution in [2.75, 3.05) is 25.2 Å². The van der Waals surface area contributed by atoms with E-state index in [0.717, 1.165) is 17.9 Å². The second-order valence-corrected chi connectivity index (χ2v) is 6.91. The van der Waals surface area contributed by atoms with Crippen molar-refractivity contribution in [3.05, 3.63) is 0 Å². The van der Waals surface area contributed by atoms with Gasteiger partial charge in [0.05, 0.1) is 0 Å². The van der Waals surface area contributed by atoms with E-state index in [1.807, 2.05) is 0 Å². The number of ketones is 2. The molecule has 0 amide bonds. The highest BCUT2D eigenvalue weighted by molar-refractivity contribution is 8.19. The van der Waals surface area contributed by atoms with Crippen molar-refractivity contribution in [2.45, 2.75) is 30.3 Å². The molecule has 0 radical (unpaired) electrons. The predicted octanol–water partition coefficient (Wildman–Crippen LogP) is 2.14. The van der Waals surface area contributed by atoms with Gasteiger partial charge < -0.3 is 9.53 Å². The molecule has 1 fully saturated rings. The summed E-state index contributed by atoms with van der Waals surface area (Å²) in [6, 6.07) is 0. The van der Waals surface area contributed by atoms with Crippen LogP contribution in [0, 0.1) is 0 Å². The van der Waals surface area contributed by atoms with Crippen LogP contribution in [0.2, 0.25) is 0 Å². The van der Waals surface area contributed by atoms with Gasteiger partial charge in [0.15, 0.2) is 5.78 Å². The fourth-order valence-corrected chi connectivity index (χ4v) is 4.79. The first-order valence-electron chi connectivity index (χ1n) is 5.40. The lowest BCUT2D eigenvalue weighted by Gasteiger charge is -2.34. The first-order valence-corrected chi connectivity index (χ1v) is 7.37. The van der Waals surface area contributed by atoms with Crippen LogP contribution in [0.3, 0.4) is 0 Å². The zero-order chi connectivity index (χ0) is 12.0. The predicted molar refractivity (Wildman–Crippen MR) is 69.1 cm³/mol. The molecule has 1 aliphatic heterocycles. The van der Waals surface area contributed by atoms with Gasteiger partial charge in [0, 0.05) is 13.5 Å². The standard InChI is InChI=1S/C11H18O3S2/c1-9(12)4-5-11(10(13)8-14-2)15-6-3-7-16-11/h3-8H2,1-2H3. The monoisotopic (exact) mass is 262 g/mol. The van der Waals surface area contributed by atoms with Crippen molar-refractivity contribution >= 4 is 35.1 Å². The first kappa shape index (κ1) is 14.1. The molecule has 1 heterocycles. The number of Topliss-reactive ketones (excluding diaryl/α,β-unsaturated/α-hetero) is 2. The summed E-state index contributed by atoms with van der Waals surface area (Å²) in [6.07, 6.45) is 2.26. The van der Waals surface area contributed by atoms with Crippen molar-refractivity contribution in [1.29, 1.82) is 0 Å². The molecule has 0 bridgehead atoms. The van der Waals surface area contributed by atoms with Gasteiger partial charge in [-0.1, -0.05) is 0 Å². The van der Waals surface area contributed by atoms with E-state index >= 15 is 0 Å². The molecule has 92 valence electrons. The van der Waals surface area contributed by atoms with E-state index in [2.05, 4.69) is 0 Å². The number of carbonyl (C=O) groups excluding carboxylic acids is 2. The second kappa shape index (κ2) is 6.67. The Bertz CT molecular complexity index is 260. The van der Waals surface area contributed by atoms with Crippen molar-refractivity contribution < 1.29 is 14.3 Å². The number of hydrogen-bond donors (Lipinski definition) is 0. The van der Waals surface area contributed by atoms with Gasteiger partial charge in [-0.2, -0.15) is 0 Å². The maximum atomic E-state index is 12.1. The third-order valence-electron chi connectivity index (χ3n) is 2.47. The van der Waals surface area contributed by atoms with E-state index < -0.39 is 4.08 Å². The van der Waals surface area contributed by atoms with Gasteiger partial charge in [-0.25, -0.2) is 0 Å². The van der Waals surface area contributed by atoms with E-state index in [-0.39, 0.29) is 18.2 Å². The Morgan fingerprint density at radius 2 is 1.94 bits per heavy atom. The number of thioether (sulfide) groups is 2. The summed E-state index contributed by atoms with van der Waals surface area (Å²) in [5.74, 6) is 2.27. The van der Waals surface area contributed by atoms with Gasteiger partial charge in [-0.3, -0.25) is 4.79 Å². The molecular formula is C11H18O3S2. The van der Waals surface area contributed by atoms with E-state index in [1.165, 1.54) is 7.11 Å². The van der Waals surface area contributed by atoms with Crippen molar-refractivity contribution in [3.8, 4) is 0 Å². The Balaban J connectivity index is 2.66. The number of rotatable bonds is 6. The fourth-order valence-electron chi connectivity index (χ4n) is 1.60. The van der Waals surface area contributed by atoms with E-state index in [1.54, 1.807) is 30.4 Å². The minimum absolute atomic E-state index is 0.117. The summed E-state index contributed by atoms with van der Waals surface area (Å²) >= 11 is 3.36. The molecule has 1 rings (SSSR count). The van der Waals surface area contributed by atoms with Crippen molar-refractivity contribution in [3.63, 3.8) is 0 Å². The average molecular weight is 262 g/mol. The maximum Gasteiger partial charge on any atom is 0.184 e. The zero-order valence-corrected chi connectivity index (χ0v) is 11.4. The molecule has 0 aromatic heterocycles. The van der Waals surface area contributed by atoms with Crippen LogP contribution in [-0.2, 0) is 14.3 Å². The molecule has 0 atom stereocenters.